The average molecular weight is 130 g/mol. The minimum absolute atomic E-state index is 0.345. The highest BCUT2D eigenvalue weighted by atomic mass is 35.5. The molecule has 1 aromatic rings. The number of anilines is 1. The van der Waals surface area contributed by atoms with Crippen molar-refractivity contribution in [3.63, 3.8) is 0 Å². The predicted octanol–water partition coefficient (Wildman–Crippen LogP) is 0.712. The summed E-state index contributed by atoms with van der Waals surface area (Å²) in [5, 5.41) is 7.47. The van der Waals surface area contributed by atoms with Gasteiger partial charge in [-0.15, -0.1) is 5.10 Å². The molecule has 1 rings (SSSR count). The highest BCUT2D eigenvalue weighted by Gasteiger charge is 1.86. The Morgan fingerprint density at radius 1 is 1.62 bits per heavy atom. The van der Waals surface area contributed by atoms with Gasteiger partial charge in [-0.1, -0.05) is 11.6 Å². The zero-order chi connectivity index (χ0) is 5.98. The Morgan fingerprint density at radius 2 is 2.38 bits per heavy atom. The maximum atomic E-state index is 5.46. The predicted molar refractivity (Wildman–Crippen MR) is 31.5 cm³/mol. The summed E-state index contributed by atoms with van der Waals surface area (Å²) < 4.78 is 0. The van der Waals surface area contributed by atoms with Gasteiger partial charge in [0.05, 0.1) is 11.2 Å². The van der Waals surface area contributed by atoms with Crippen LogP contribution in [0.3, 0.4) is 0 Å². The molecule has 0 amide bonds. The molecule has 3 nitrogen and oxygen atoms in total. The number of aromatic nitrogens is 2. The van der Waals surface area contributed by atoms with E-state index in [9.17, 15) is 0 Å². The van der Waals surface area contributed by atoms with Gasteiger partial charge in [0.25, 0.3) is 0 Å². The van der Waals surface area contributed by atoms with E-state index >= 15 is 0 Å². The van der Waals surface area contributed by atoms with E-state index in [1.54, 1.807) is 0 Å². The summed E-state index contributed by atoms with van der Waals surface area (Å²) >= 11 is 5.46. The Kier molecular flexibility index (Phi) is 1.30. The third-order valence-corrected chi connectivity index (χ3v) is 0.847. The molecular weight excluding hydrogens is 126 g/mol. The van der Waals surface area contributed by atoms with Crippen LogP contribution in [0.1, 0.15) is 0 Å². The molecule has 0 spiro atoms. The molecule has 0 fully saturated rings. The van der Waals surface area contributed by atoms with E-state index in [1.165, 1.54) is 12.3 Å². The highest BCUT2D eigenvalue weighted by molar-refractivity contribution is 6.30. The van der Waals surface area contributed by atoms with Gasteiger partial charge in [-0.2, -0.15) is 5.10 Å². The number of nitrogens with two attached hydrogens (primary N) is 1. The van der Waals surface area contributed by atoms with Crippen molar-refractivity contribution in [2.75, 3.05) is 5.73 Å². The van der Waals surface area contributed by atoms with Crippen LogP contribution in [0.25, 0.3) is 0 Å². The van der Waals surface area contributed by atoms with Gasteiger partial charge in [0.1, 0.15) is 5.82 Å². The lowest BCUT2D eigenvalue weighted by atomic mass is 10.5. The summed E-state index contributed by atoms with van der Waals surface area (Å²) in [5.41, 5.74) is 5.20. The minimum atomic E-state index is 0.345. The smallest absolute Gasteiger partial charge is 0.147 e. The first kappa shape index (κ1) is 5.31. The van der Waals surface area contributed by atoms with Crippen molar-refractivity contribution in [3.05, 3.63) is 17.3 Å². The summed E-state index contributed by atoms with van der Waals surface area (Å²) in [7, 11) is 0. The van der Waals surface area contributed by atoms with Crippen LogP contribution in [-0.4, -0.2) is 10.2 Å². The van der Waals surface area contributed by atoms with Crippen LogP contribution in [0.5, 0.6) is 0 Å². The fourth-order valence-corrected chi connectivity index (χ4v) is 0.514. The van der Waals surface area contributed by atoms with E-state index in [0.717, 1.165) is 0 Å². The van der Waals surface area contributed by atoms with Crippen molar-refractivity contribution in [3.8, 4) is 0 Å². The molecule has 42 valence electrons. The highest BCUT2D eigenvalue weighted by Crippen LogP contribution is 2.05. The first-order valence-electron chi connectivity index (χ1n) is 2.03. The van der Waals surface area contributed by atoms with Crippen LogP contribution in [0.4, 0.5) is 5.82 Å². The maximum Gasteiger partial charge on any atom is 0.147 e. The second kappa shape index (κ2) is 1.96. The van der Waals surface area contributed by atoms with Crippen LogP contribution in [0.2, 0.25) is 5.02 Å². The third-order valence-electron chi connectivity index (χ3n) is 0.640. The van der Waals surface area contributed by atoms with Crippen molar-refractivity contribution < 1.29 is 0 Å². The van der Waals surface area contributed by atoms with Gasteiger partial charge >= 0.3 is 0 Å². The van der Waals surface area contributed by atoms with E-state index in [2.05, 4.69) is 10.2 Å². The zero-order valence-electron chi connectivity index (χ0n) is 4.00. The molecule has 4 heteroatoms. The lowest BCUT2D eigenvalue weighted by Crippen LogP contribution is -1.90. The maximum absolute atomic E-state index is 5.46. The molecule has 0 unspecified atom stereocenters. The van der Waals surface area contributed by atoms with Gasteiger partial charge in [-0.05, 0) is 0 Å². The summed E-state index contributed by atoms with van der Waals surface area (Å²) in [4.78, 5) is 0. The first-order chi connectivity index (χ1) is 3.79. The Balaban J connectivity index is 3.08. The second-order valence-electron chi connectivity index (χ2n) is 1.30. The van der Waals surface area contributed by atoms with Gasteiger partial charge in [0.2, 0.25) is 0 Å². The zero-order valence-corrected chi connectivity index (χ0v) is 4.76. The van der Waals surface area contributed by atoms with Gasteiger partial charge in [0.15, 0.2) is 0 Å². The van der Waals surface area contributed by atoms with Gasteiger partial charge in [-0.3, -0.25) is 0 Å². The second-order valence-corrected chi connectivity index (χ2v) is 1.74. The molecule has 0 aliphatic carbocycles. The SMILES string of the molecule is Nc1cc(Cl)cnn1. The standard InChI is InChI=1S/C4H4ClN3/c5-3-1-4(6)8-7-2-3/h1-2H,(H2,6,8). The van der Waals surface area contributed by atoms with Gasteiger partial charge < -0.3 is 5.73 Å². The molecule has 0 aromatic carbocycles. The topological polar surface area (TPSA) is 51.8 Å². The fraction of sp³-hybridized carbons (Fsp3) is 0. The summed E-state index contributed by atoms with van der Waals surface area (Å²) in [5.74, 6) is 0.345. The third kappa shape index (κ3) is 1.07. The normalized spacial score (nSPS) is 9.12. The van der Waals surface area contributed by atoms with Crippen LogP contribution in [0.15, 0.2) is 12.3 Å². The summed E-state index contributed by atoms with van der Waals surface area (Å²) in [6.07, 6.45) is 1.43. The number of nitrogens with zero attached hydrogens (tertiary/aromatic N) is 2. The Labute approximate surface area is 51.5 Å². The van der Waals surface area contributed by atoms with Crippen LogP contribution in [-0.2, 0) is 0 Å². The number of hydrogen-bond donors (Lipinski definition) is 1. The van der Waals surface area contributed by atoms with E-state index < -0.39 is 0 Å². The molecular formula is C4H4ClN3. The monoisotopic (exact) mass is 129 g/mol. The van der Waals surface area contributed by atoms with Crippen molar-refractivity contribution in [2.45, 2.75) is 0 Å². The fourth-order valence-electron chi connectivity index (χ4n) is 0.358. The van der Waals surface area contributed by atoms with E-state index in [0.29, 0.717) is 10.8 Å². The van der Waals surface area contributed by atoms with Crippen LogP contribution < -0.4 is 5.73 Å². The van der Waals surface area contributed by atoms with Gasteiger partial charge in [-0.25, -0.2) is 0 Å². The van der Waals surface area contributed by atoms with Crippen molar-refractivity contribution in [2.24, 2.45) is 0 Å². The molecule has 0 bridgehead atoms. The molecule has 0 aliphatic rings. The van der Waals surface area contributed by atoms with Crippen molar-refractivity contribution in [1.82, 2.24) is 10.2 Å². The molecule has 8 heavy (non-hydrogen) atoms. The molecule has 0 saturated carbocycles. The number of hydrogen-bond acceptors (Lipinski definition) is 3. The Bertz CT molecular complexity index is 171. The molecule has 0 radical (unpaired) electrons. The van der Waals surface area contributed by atoms with Crippen molar-refractivity contribution >= 4 is 17.4 Å². The number of rotatable bonds is 0. The van der Waals surface area contributed by atoms with E-state index in [1.807, 2.05) is 0 Å². The summed E-state index contributed by atoms with van der Waals surface area (Å²) in [6, 6.07) is 1.54. The number of halogens is 1. The molecule has 1 aromatic heterocycles. The van der Waals surface area contributed by atoms with Gasteiger partial charge in [0, 0.05) is 6.07 Å². The molecule has 0 saturated heterocycles. The van der Waals surface area contributed by atoms with E-state index in [4.69, 9.17) is 17.3 Å². The quantitative estimate of drug-likeness (QED) is 0.562. The number of nitrogen functional groups attached to an aromatic ring is 1. The summed E-state index contributed by atoms with van der Waals surface area (Å²) in [6.45, 7) is 0. The average Bonchev–Trinajstić information content (AvgIpc) is 1.64. The molecule has 2 N–H and O–H groups in total. The lowest BCUT2D eigenvalue weighted by Gasteiger charge is -1.86. The van der Waals surface area contributed by atoms with Crippen LogP contribution in [0, 0.1) is 0 Å². The Hall–Kier alpha value is -0.830. The molecule has 0 atom stereocenters. The lowest BCUT2D eigenvalue weighted by molar-refractivity contribution is 1.04. The Morgan fingerprint density at radius 3 is 2.75 bits per heavy atom. The minimum Gasteiger partial charge on any atom is -0.382 e. The largest absolute Gasteiger partial charge is 0.382 e. The molecule has 1 heterocycles. The first-order valence-corrected chi connectivity index (χ1v) is 2.40. The van der Waals surface area contributed by atoms with Crippen molar-refractivity contribution in [1.29, 1.82) is 0 Å². The molecule has 0 aliphatic heterocycles. The van der Waals surface area contributed by atoms with Crippen LogP contribution >= 0.6 is 11.6 Å². The van der Waals surface area contributed by atoms with E-state index in [-0.39, 0.29) is 0 Å².